The normalized spacial score (nSPS) is 10.1. The number of aromatic nitrogens is 1. The molecule has 0 saturated carbocycles. The van der Waals surface area contributed by atoms with Crippen LogP contribution in [0.25, 0.3) is 0 Å². The van der Waals surface area contributed by atoms with Crippen LogP contribution >= 0.6 is 0 Å². The number of allylic oxidation sites excluding steroid dienone is 1. The molecule has 0 fully saturated rings. The Labute approximate surface area is 83.9 Å². The number of unbranched alkanes of at least 4 members (excludes halogenated alkanes) is 1. The Hall–Kier alpha value is -1.29. The quantitative estimate of drug-likeness (QED) is 0.554. The third-order valence-corrected chi connectivity index (χ3v) is 1.93. The summed E-state index contributed by atoms with van der Waals surface area (Å²) >= 11 is 0. The summed E-state index contributed by atoms with van der Waals surface area (Å²) in [5, 5.41) is 8.79. The van der Waals surface area contributed by atoms with Crippen molar-refractivity contribution in [1.82, 2.24) is 4.98 Å². The van der Waals surface area contributed by atoms with Crippen molar-refractivity contribution < 1.29 is 9.52 Å². The fraction of sp³-hybridized carbons (Fsp3) is 0.500. The number of aliphatic hydroxyl groups excluding tert-OH is 1. The van der Waals surface area contributed by atoms with E-state index in [2.05, 4.69) is 11.6 Å². The van der Waals surface area contributed by atoms with E-state index in [-0.39, 0.29) is 6.61 Å². The Morgan fingerprint density at radius 2 is 2.50 bits per heavy atom. The van der Waals surface area contributed by atoms with Gasteiger partial charge in [0.1, 0.15) is 12.0 Å². The second-order valence-corrected chi connectivity index (χ2v) is 3.13. The SMILES string of the molecule is C=CCCCN(C)c1nc(CO)co1. The Morgan fingerprint density at radius 1 is 1.71 bits per heavy atom. The van der Waals surface area contributed by atoms with E-state index in [1.165, 1.54) is 6.26 Å². The van der Waals surface area contributed by atoms with Gasteiger partial charge >= 0.3 is 0 Å². The highest BCUT2D eigenvalue weighted by molar-refractivity contribution is 5.24. The van der Waals surface area contributed by atoms with Crippen LogP contribution in [0.2, 0.25) is 0 Å². The maximum Gasteiger partial charge on any atom is 0.297 e. The number of nitrogens with zero attached hydrogens (tertiary/aromatic N) is 2. The first-order valence-corrected chi connectivity index (χ1v) is 4.65. The minimum absolute atomic E-state index is 0.0794. The topological polar surface area (TPSA) is 49.5 Å². The predicted molar refractivity (Wildman–Crippen MR) is 55.1 cm³/mol. The summed E-state index contributed by atoms with van der Waals surface area (Å²) in [4.78, 5) is 6.01. The first-order valence-electron chi connectivity index (χ1n) is 4.65. The molecule has 14 heavy (non-hydrogen) atoms. The molecule has 1 rings (SSSR count). The molecule has 0 aliphatic carbocycles. The summed E-state index contributed by atoms with van der Waals surface area (Å²) in [7, 11) is 1.91. The summed E-state index contributed by atoms with van der Waals surface area (Å²) in [6.45, 7) is 4.45. The van der Waals surface area contributed by atoms with Crippen LogP contribution in [-0.2, 0) is 6.61 Å². The molecule has 1 heterocycles. The molecule has 1 N–H and O–H groups in total. The molecule has 0 radical (unpaired) electrons. The highest BCUT2D eigenvalue weighted by atomic mass is 16.4. The van der Waals surface area contributed by atoms with Crippen molar-refractivity contribution >= 4 is 6.01 Å². The van der Waals surface area contributed by atoms with Crippen molar-refractivity contribution in [3.63, 3.8) is 0 Å². The molecule has 0 aliphatic rings. The van der Waals surface area contributed by atoms with Crippen molar-refractivity contribution in [2.75, 3.05) is 18.5 Å². The zero-order valence-electron chi connectivity index (χ0n) is 8.44. The summed E-state index contributed by atoms with van der Waals surface area (Å²) < 4.78 is 5.18. The zero-order valence-corrected chi connectivity index (χ0v) is 8.44. The second kappa shape index (κ2) is 5.44. The van der Waals surface area contributed by atoms with E-state index in [0.717, 1.165) is 19.4 Å². The van der Waals surface area contributed by atoms with Crippen molar-refractivity contribution in [2.45, 2.75) is 19.4 Å². The van der Waals surface area contributed by atoms with Gasteiger partial charge in [0.15, 0.2) is 0 Å². The predicted octanol–water partition coefficient (Wildman–Crippen LogP) is 1.57. The third-order valence-electron chi connectivity index (χ3n) is 1.93. The summed E-state index contributed by atoms with van der Waals surface area (Å²) in [6, 6.07) is 0.554. The number of hydrogen-bond acceptors (Lipinski definition) is 4. The molecule has 1 aromatic rings. The average molecular weight is 196 g/mol. The van der Waals surface area contributed by atoms with Crippen LogP contribution in [0.5, 0.6) is 0 Å². The molecule has 0 bridgehead atoms. The minimum atomic E-state index is -0.0794. The number of hydrogen-bond donors (Lipinski definition) is 1. The van der Waals surface area contributed by atoms with E-state index in [9.17, 15) is 0 Å². The molecule has 0 spiro atoms. The van der Waals surface area contributed by atoms with Crippen molar-refractivity contribution in [3.8, 4) is 0 Å². The van der Waals surface area contributed by atoms with E-state index in [1.54, 1.807) is 0 Å². The van der Waals surface area contributed by atoms with Crippen molar-refractivity contribution in [3.05, 3.63) is 24.6 Å². The fourth-order valence-electron chi connectivity index (χ4n) is 1.11. The zero-order chi connectivity index (χ0) is 10.4. The van der Waals surface area contributed by atoms with Gasteiger partial charge in [-0.3, -0.25) is 0 Å². The molecule has 0 aliphatic heterocycles. The van der Waals surface area contributed by atoms with Gasteiger partial charge in [0.2, 0.25) is 0 Å². The lowest BCUT2D eigenvalue weighted by atomic mass is 10.3. The number of oxazole rings is 1. The number of anilines is 1. The molecule has 0 amide bonds. The molecule has 4 heteroatoms. The minimum Gasteiger partial charge on any atom is -0.432 e. The maximum absolute atomic E-state index is 8.79. The molecule has 4 nitrogen and oxygen atoms in total. The first kappa shape index (κ1) is 10.8. The van der Waals surface area contributed by atoms with Crippen LogP contribution in [0.1, 0.15) is 18.5 Å². The van der Waals surface area contributed by atoms with Gasteiger partial charge in [-0.15, -0.1) is 6.58 Å². The van der Waals surface area contributed by atoms with Gasteiger partial charge < -0.3 is 14.4 Å². The lowest BCUT2D eigenvalue weighted by Crippen LogP contribution is -2.18. The third kappa shape index (κ3) is 2.88. The van der Waals surface area contributed by atoms with Gasteiger partial charge in [-0.25, -0.2) is 0 Å². The van der Waals surface area contributed by atoms with E-state index < -0.39 is 0 Å². The lowest BCUT2D eigenvalue weighted by Gasteiger charge is -2.12. The average Bonchev–Trinajstić information content (AvgIpc) is 2.66. The van der Waals surface area contributed by atoms with Gasteiger partial charge in [0, 0.05) is 13.6 Å². The molecule has 78 valence electrons. The van der Waals surface area contributed by atoms with Crippen LogP contribution in [-0.4, -0.2) is 23.7 Å². The second-order valence-electron chi connectivity index (χ2n) is 3.13. The Kier molecular flexibility index (Phi) is 4.19. The van der Waals surface area contributed by atoms with E-state index in [0.29, 0.717) is 11.7 Å². The molecule has 0 saturated heterocycles. The smallest absolute Gasteiger partial charge is 0.297 e. The Morgan fingerprint density at radius 3 is 3.07 bits per heavy atom. The Balaban J connectivity index is 2.43. The van der Waals surface area contributed by atoms with Crippen LogP contribution in [0, 0.1) is 0 Å². The highest BCUT2D eigenvalue weighted by Gasteiger charge is 2.07. The van der Waals surface area contributed by atoms with Crippen LogP contribution in [0.3, 0.4) is 0 Å². The van der Waals surface area contributed by atoms with Gasteiger partial charge in [-0.1, -0.05) is 6.08 Å². The molecular weight excluding hydrogens is 180 g/mol. The maximum atomic E-state index is 8.79. The molecule has 0 aromatic carbocycles. The monoisotopic (exact) mass is 196 g/mol. The van der Waals surface area contributed by atoms with Crippen LogP contribution in [0.15, 0.2) is 23.3 Å². The fourth-order valence-corrected chi connectivity index (χ4v) is 1.11. The summed E-state index contributed by atoms with van der Waals surface area (Å²) in [5.74, 6) is 0. The standard InChI is InChI=1S/C10H16N2O2/c1-3-4-5-6-12(2)10-11-9(7-13)8-14-10/h3,8,13H,1,4-7H2,2H3. The lowest BCUT2D eigenvalue weighted by molar-refractivity contribution is 0.276. The van der Waals surface area contributed by atoms with E-state index in [1.807, 2.05) is 18.0 Å². The van der Waals surface area contributed by atoms with Crippen molar-refractivity contribution in [1.29, 1.82) is 0 Å². The first-order chi connectivity index (χ1) is 6.77. The van der Waals surface area contributed by atoms with Gasteiger partial charge in [-0.2, -0.15) is 4.98 Å². The molecule has 1 aromatic heterocycles. The number of rotatable bonds is 6. The van der Waals surface area contributed by atoms with Crippen molar-refractivity contribution in [2.24, 2.45) is 0 Å². The largest absolute Gasteiger partial charge is 0.432 e. The van der Waals surface area contributed by atoms with Gasteiger partial charge in [0.25, 0.3) is 6.01 Å². The molecule has 0 atom stereocenters. The van der Waals surface area contributed by atoms with Gasteiger partial charge in [0.05, 0.1) is 6.61 Å². The van der Waals surface area contributed by atoms with Crippen LogP contribution in [0.4, 0.5) is 6.01 Å². The van der Waals surface area contributed by atoms with E-state index in [4.69, 9.17) is 9.52 Å². The summed E-state index contributed by atoms with van der Waals surface area (Å²) in [6.07, 6.45) is 5.37. The van der Waals surface area contributed by atoms with E-state index >= 15 is 0 Å². The Bertz CT molecular complexity index is 283. The number of aliphatic hydroxyl groups is 1. The highest BCUT2D eigenvalue weighted by Crippen LogP contribution is 2.12. The van der Waals surface area contributed by atoms with Crippen LogP contribution < -0.4 is 4.90 Å². The molecule has 0 unspecified atom stereocenters. The van der Waals surface area contributed by atoms with Gasteiger partial charge in [-0.05, 0) is 12.8 Å². The molecular formula is C10H16N2O2. The summed E-state index contributed by atoms with van der Waals surface area (Å²) in [5.41, 5.74) is 0.565.